The highest BCUT2D eigenvalue weighted by Crippen LogP contribution is 2.25. The zero-order valence-electron chi connectivity index (χ0n) is 9.34. The van der Waals surface area contributed by atoms with Gasteiger partial charge in [0.1, 0.15) is 6.17 Å². The molecule has 92 valence electrons. The van der Waals surface area contributed by atoms with Crippen molar-refractivity contribution in [1.29, 1.82) is 5.41 Å². The first kappa shape index (κ1) is 12.8. The minimum Gasteiger partial charge on any atom is -0.328 e. The zero-order valence-corrected chi connectivity index (χ0v) is 11.5. The third-order valence-corrected chi connectivity index (χ3v) is 3.68. The molecular formula is C12H15FIN3. The number of hydrogen-bond donors (Lipinski definition) is 3. The number of hydrogen-bond acceptors (Lipinski definition) is 3. The fourth-order valence-electron chi connectivity index (χ4n) is 2.15. The molecule has 1 aromatic rings. The van der Waals surface area contributed by atoms with Gasteiger partial charge in [0, 0.05) is 23.7 Å². The van der Waals surface area contributed by atoms with Crippen molar-refractivity contribution in [2.24, 2.45) is 5.92 Å². The van der Waals surface area contributed by atoms with E-state index in [0.717, 1.165) is 17.8 Å². The first-order chi connectivity index (χ1) is 8.24. The molecule has 3 nitrogen and oxygen atoms in total. The monoisotopic (exact) mass is 347 g/mol. The molecule has 2 rings (SSSR count). The molecule has 1 aliphatic rings. The number of rotatable bonds is 3. The molecule has 1 saturated heterocycles. The number of nitrogens with one attached hydrogen (secondary N) is 3. The largest absolute Gasteiger partial charge is 0.328 e. The molecule has 0 aromatic heterocycles. The molecule has 0 radical (unpaired) electrons. The van der Waals surface area contributed by atoms with Crippen LogP contribution in [0.1, 0.15) is 12.0 Å². The van der Waals surface area contributed by atoms with Crippen LogP contribution in [0, 0.1) is 11.3 Å². The normalized spacial score (nSPS) is 24.4. The van der Waals surface area contributed by atoms with Gasteiger partial charge in [-0.05, 0) is 19.0 Å². The number of para-hydroxylation sites is 1. The van der Waals surface area contributed by atoms with Gasteiger partial charge in [-0.15, -0.1) is 0 Å². The lowest BCUT2D eigenvalue weighted by molar-refractivity contribution is 0.226. The molecule has 0 saturated carbocycles. The summed E-state index contributed by atoms with van der Waals surface area (Å²) in [7, 11) is 0. The lowest BCUT2D eigenvalue weighted by atomic mass is 9.87. The van der Waals surface area contributed by atoms with Crippen LogP contribution >= 0.6 is 22.9 Å². The van der Waals surface area contributed by atoms with E-state index in [4.69, 9.17) is 5.41 Å². The van der Waals surface area contributed by atoms with Crippen molar-refractivity contribution >= 4 is 34.3 Å². The quantitative estimate of drug-likeness (QED) is 0.447. The molecule has 0 bridgehead atoms. The minimum absolute atomic E-state index is 0.290. The highest BCUT2D eigenvalue weighted by atomic mass is 127. The Balaban J connectivity index is 2.23. The Morgan fingerprint density at radius 3 is 2.94 bits per heavy atom. The molecule has 1 aliphatic heterocycles. The van der Waals surface area contributed by atoms with Crippen molar-refractivity contribution in [1.82, 2.24) is 5.32 Å². The fraction of sp³-hybridized carbons (Fsp3) is 0.417. The van der Waals surface area contributed by atoms with Gasteiger partial charge in [-0.25, -0.2) is 4.39 Å². The molecule has 2 atom stereocenters. The molecule has 17 heavy (non-hydrogen) atoms. The van der Waals surface area contributed by atoms with Crippen LogP contribution in [-0.4, -0.2) is 25.0 Å². The van der Waals surface area contributed by atoms with Crippen molar-refractivity contribution in [3.8, 4) is 0 Å². The van der Waals surface area contributed by atoms with Crippen LogP contribution in [-0.2, 0) is 0 Å². The van der Waals surface area contributed by atoms with Crippen molar-refractivity contribution in [3.63, 3.8) is 0 Å². The summed E-state index contributed by atoms with van der Waals surface area (Å²) >= 11 is 2.04. The van der Waals surface area contributed by atoms with E-state index >= 15 is 0 Å². The lowest BCUT2D eigenvalue weighted by Gasteiger charge is -2.27. The second-order valence-electron chi connectivity index (χ2n) is 4.17. The Kier molecular flexibility index (Phi) is 4.33. The highest BCUT2D eigenvalue weighted by molar-refractivity contribution is 14.1. The Bertz CT molecular complexity index is 410. The molecule has 1 fully saturated rings. The molecule has 1 aromatic carbocycles. The third-order valence-electron chi connectivity index (χ3n) is 3.10. The number of piperidine rings is 1. The summed E-state index contributed by atoms with van der Waals surface area (Å²) in [6.45, 7) is 1.14. The van der Waals surface area contributed by atoms with E-state index in [2.05, 4.69) is 8.85 Å². The van der Waals surface area contributed by atoms with Crippen molar-refractivity contribution in [2.75, 3.05) is 16.6 Å². The van der Waals surface area contributed by atoms with Crippen LogP contribution in [0.4, 0.5) is 10.1 Å². The zero-order chi connectivity index (χ0) is 12.3. The number of alkyl halides is 1. The van der Waals surface area contributed by atoms with Crippen LogP contribution in [0.3, 0.4) is 0 Å². The molecule has 5 heteroatoms. The summed E-state index contributed by atoms with van der Waals surface area (Å²) in [5, 5.41) is 11.2. The van der Waals surface area contributed by atoms with Crippen LogP contribution in [0.5, 0.6) is 0 Å². The Morgan fingerprint density at radius 2 is 2.24 bits per heavy atom. The Labute approximate surface area is 114 Å². The molecule has 0 amide bonds. The summed E-state index contributed by atoms with van der Waals surface area (Å²) in [6.07, 6.45) is -0.270. The summed E-state index contributed by atoms with van der Waals surface area (Å²) < 4.78 is 16.8. The van der Waals surface area contributed by atoms with E-state index in [1.807, 2.05) is 47.1 Å². The van der Waals surface area contributed by atoms with Gasteiger partial charge in [-0.1, -0.05) is 18.2 Å². The SMILES string of the molecule is N=C(c1ccccc1NI)C1CCNCC1F. The van der Waals surface area contributed by atoms with Gasteiger partial charge in [-0.3, -0.25) is 0 Å². The minimum atomic E-state index is -0.960. The number of anilines is 1. The third kappa shape index (κ3) is 2.77. The summed E-state index contributed by atoms with van der Waals surface area (Å²) in [6, 6.07) is 7.57. The van der Waals surface area contributed by atoms with E-state index in [1.54, 1.807) is 0 Å². The maximum atomic E-state index is 13.8. The predicted molar refractivity (Wildman–Crippen MR) is 76.8 cm³/mol. The first-order valence-electron chi connectivity index (χ1n) is 5.63. The van der Waals surface area contributed by atoms with E-state index in [9.17, 15) is 4.39 Å². The summed E-state index contributed by atoms with van der Waals surface area (Å²) in [4.78, 5) is 0. The standard InChI is InChI=1S/C12H15FIN3/c13-10-7-16-6-5-8(10)12(15)9-3-1-2-4-11(9)17-14/h1-4,8,10,15-17H,5-7H2. The van der Waals surface area contributed by atoms with Gasteiger partial charge in [0.05, 0.1) is 28.6 Å². The molecule has 1 heterocycles. The average molecular weight is 347 g/mol. The molecular weight excluding hydrogens is 332 g/mol. The van der Waals surface area contributed by atoms with Crippen molar-refractivity contribution in [3.05, 3.63) is 29.8 Å². The summed E-state index contributed by atoms with van der Waals surface area (Å²) in [5.74, 6) is -0.290. The second-order valence-corrected chi connectivity index (χ2v) is 4.71. The number of benzene rings is 1. The molecule has 0 spiro atoms. The van der Waals surface area contributed by atoms with E-state index in [1.165, 1.54) is 0 Å². The van der Waals surface area contributed by atoms with Crippen LogP contribution in [0.2, 0.25) is 0 Å². The van der Waals surface area contributed by atoms with Gasteiger partial charge >= 0.3 is 0 Å². The summed E-state index contributed by atoms with van der Waals surface area (Å²) in [5.41, 5.74) is 2.08. The van der Waals surface area contributed by atoms with Gasteiger partial charge in [0.25, 0.3) is 0 Å². The fourth-order valence-corrected chi connectivity index (χ4v) is 2.62. The first-order valence-corrected chi connectivity index (χ1v) is 6.71. The van der Waals surface area contributed by atoms with E-state index in [-0.39, 0.29) is 5.92 Å². The van der Waals surface area contributed by atoms with E-state index < -0.39 is 6.17 Å². The lowest BCUT2D eigenvalue weighted by Crippen LogP contribution is -2.41. The van der Waals surface area contributed by atoms with Crippen molar-refractivity contribution in [2.45, 2.75) is 12.6 Å². The maximum absolute atomic E-state index is 13.8. The maximum Gasteiger partial charge on any atom is 0.121 e. The molecule has 2 unspecified atom stereocenters. The predicted octanol–water partition coefficient (Wildman–Crippen LogP) is 2.76. The van der Waals surface area contributed by atoms with Gasteiger partial charge in [-0.2, -0.15) is 0 Å². The Morgan fingerprint density at radius 1 is 1.47 bits per heavy atom. The van der Waals surface area contributed by atoms with Crippen LogP contribution in [0.25, 0.3) is 0 Å². The smallest absolute Gasteiger partial charge is 0.121 e. The van der Waals surface area contributed by atoms with Gasteiger partial charge < -0.3 is 14.3 Å². The number of halogens is 2. The molecule has 0 aliphatic carbocycles. The van der Waals surface area contributed by atoms with E-state index in [0.29, 0.717) is 18.7 Å². The Hall–Kier alpha value is -0.690. The molecule has 3 N–H and O–H groups in total. The van der Waals surface area contributed by atoms with Crippen LogP contribution < -0.4 is 8.85 Å². The highest BCUT2D eigenvalue weighted by Gasteiger charge is 2.29. The van der Waals surface area contributed by atoms with Gasteiger partial charge in [0.2, 0.25) is 0 Å². The van der Waals surface area contributed by atoms with Crippen LogP contribution in [0.15, 0.2) is 24.3 Å². The topological polar surface area (TPSA) is 47.9 Å². The van der Waals surface area contributed by atoms with Crippen molar-refractivity contribution < 1.29 is 4.39 Å². The average Bonchev–Trinajstić information content (AvgIpc) is 2.38. The second kappa shape index (κ2) is 5.77. The van der Waals surface area contributed by atoms with Gasteiger partial charge in [0.15, 0.2) is 0 Å².